The van der Waals surface area contributed by atoms with Crippen molar-refractivity contribution in [3.05, 3.63) is 60.7 Å². The average molecular weight is 416 g/mol. The second kappa shape index (κ2) is 7.76. The lowest BCUT2D eigenvalue weighted by Gasteiger charge is -2.40. The molecule has 4 heteroatoms. The molecule has 152 valence electrons. The summed E-state index contributed by atoms with van der Waals surface area (Å²) in [6.45, 7) is 10.7. The van der Waals surface area contributed by atoms with Crippen molar-refractivity contribution in [3.8, 4) is 0 Å². The van der Waals surface area contributed by atoms with Crippen LogP contribution in [-0.4, -0.2) is 40.5 Å². The summed E-state index contributed by atoms with van der Waals surface area (Å²) in [4.78, 5) is 2.93. The van der Waals surface area contributed by atoms with Gasteiger partial charge in [-0.1, -0.05) is 64.1 Å². The van der Waals surface area contributed by atoms with E-state index in [9.17, 15) is 0 Å². The molecule has 2 aliphatic rings. The van der Waals surface area contributed by atoms with Gasteiger partial charge in [0, 0.05) is 23.5 Å². The zero-order valence-electron chi connectivity index (χ0n) is 17.8. The van der Waals surface area contributed by atoms with Gasteiger partial charge in [0.25, 0.3) is 0 Å². The molecule has 2 unspecified atom stereocenters. The van der Waals surface area contributed by atoms with E-state index >= 15 is 0 Å². The predicted molar refractivity (Wildman–Crippen MR) is 124 cm³/mol. The monoisotopic (exact) mass is 415 g/mol. The van der Waals surface area contributed by atoms with Gasteiger partial charge in [0.2, 0.25) is 0 Å². The number of hydrogen-bond acceptors (Lipinski definition) is 2. The third-order valence-electron chi connectivity index (χ3n) is 6.02. The first kappa shape index (κ1) is 20.4. The Kier molecular flexibility index (Phi) is 5.66. The van der Waals surface area contributed by atoms with Crippen molar-refractivity contribution in [1.29, 1.82) is 0 Å². The van der Waals surface area contributed by atoms with E-state index in [1.165, 1.54) is 22.8 Å². The van der Waals surface area contributed by atoms with E-state index in [0.717, 1.165) is 11.7 Å². The zero-order valence-corrected chi connectivity index (χ0v) is 19.5. The smallest absolute Gasteiger partial charge is 0.110 e. The van der Waals surface area contributed by atoms with Crippen molar-refractivity contribution >= 4 is 18.3 Å². The van der Waals surface area contributed by atoms with Crippen molar-refractivity contribution in [1.82, 2.24) is 4.67 Å². The van der Waals surface area contributed by atoms with E-state index < -0.39 is 18.3 Å². The Hall–Kier alpha value is -0.860. The minimum atomic E-state index is -1.15. The van der Waals surface area contributed by atoms with Gasteiger partial charge in [-0.05, 0) is 52.7 Å². The van der Waals surface area contributed by atoms with E-state index in [4.69, 9.17) is 4.52 Å². The van der Waals surface area contributed by atoms with Crippen molar-refractivity contribution < 1.29 is 4.52 Å². The molecule has 0 spiro atoms. The fraction of sp³-hybridized carbons (Fsp3) is 0.500. The van der Waals surface area contributed by atoms with Gasteiger partial charge in [0.1, 0.15) is 8.30 Å². The van der Waals surface area contributed by atoms with Gasteiger partial charge < -0.3 is 4.52 Å². The Balaban J connectivity index is 1.69. The van der Waals surface area contributed by atoms with Crippen molar-refractivity contribution in [3.63, 3.8) is 0 Å². The summed E-state index contributed by atoms with van der Waals surface area (Å²) in [5.74, 6) is 1.89. The Morgan fingerprint density at radius 3 is 2.04 bits per heavy atom. The molecule has 2 aliphatic heterocycles. The maximum Gasteiger partial charge on any atom is 0.110 e. The lowest BCUT2D eigenvalue weighted by Crippen LogP contribution is -2.33. The minimum absolute atomic E-state index is 0.206. The average Bonchev–Trinajstić information content (AvgIpc) is 3.21. The molecule has 4 atom stereocenters. The Morgan fingerprint density at radius 2 is 1.54 bits per heavy atom. The highest BCUT2D eigenvalue weighted by atomic mass is 32.3. The van der Waals surface area contributed by atoms with Crippen LogP contribution in [0.3, 0.4) is 0 Å². The molecule has 2 aromatic rings. The summed E-state index contributed by atoms with van der Waals surface area (Å²) in [5, 5.41) is 0.206. The molecular formula is C24H34NOPS. The number of nitrogens with zero attached hydrogens (tertiary/aromatic N) is 1. The first-order chi connectivity index (χ1) is 13.3. The Labute approximate surface area is 173 Å². The Bertz CT molecular complexity index is 752. The molecule has 2 saturated heterocycles. The van der Waals surface area contributed by atoms with E-state index in [1.807, 2.05) is 0 Å². The van der Waals surface area contributed by atoms with Crippen LogP contribution >= 0.6 is 18.3 Å². The summed E-state index contributed by atoms with van der Waals surface area (Å²) < 4.78 is 9.63. The van der Waals surface area contributed by atoms with E-state index in [0.29, 0.717) is 12.1 Å². The van der Waals surface area contributed by atoms with Crippen LogP contribution in [0.25, 0.3) is 0 Å². The summed E-state index contributed by atoms with van der Waals surface area (Å²) in [7, 11) is -1.68. The van der Waals surface area contributed by atoms with Crippen molar-refractivity contribution in [2.45, 2.75) is 61.2 Å². The molecule has 4 rings (SSSR count). The molecule has 0 aliphatic carbocycles. The number of fused-ring (bicyclic) bond motifs is 1. The SMILES string of the molecule is CC1C[C@H]2[C@@H](CS(C)(c3ccccc3)c3ccccc3)OP(C(C)(C)C)N2C1. The molecule has 0 radical (unpaired) electrons. The van der Waals surface area contributed by atoms with E-state index in [1.54, 1.807) is 0 Å². The van der Waals surface area contributed by atoms with Gasteiger partial charge in [-0.25, -0.2) is 0 Å². The molecule has 28 heavy (non-hydrogen) atoms. The minimum Gasteiger partial charge on any atom is -0.337 e. The molecule has 0 saturated carbocycles. The first-order valence-electron chi connectivity index (χ1n) is 10.4. The Morgan fingerprint density at radius 1 is 1.00 bits per heavy atom. The van der Waals surface area contributed by atoms with Crippen LogP contribution in [0.2, 0.25) is 0 Å². The number of benzene rings is 2. The van der Waals surface area contributed by atoms with Crippen LogP contribution in [0, 0.1) is 5.92 Å². The standard InChI is InChI=1S/C24H34NOPS/c1-19-16-22-23(26-27(24(2,3)4)25(22)17-19)18-28(5,20-12-8-6-9-13-20)21-14-10-7-11-15-21/h6-15,19,22-23H,16-18H2,1-5H3/t19?,22-,23+,27?/m0/s1. The van der Waals surface area contributed by atoms with Crippen LogP contribution in [0.1, 0.15) is 34.1 Å². The maximum absolute atomic E-state index is 6.89. The highest BCUT2D eigenvalue weighted by Gasteiger charge is 2.52. The highest BCUT2D eigenvalue weighted by Crippen LogP contribution is 2.67. The number of rotatable bonds is 4. The third kappa shape index (κ3) is 3.79. The lowest BCUT2D eigenvalue weighted by atomic mass is 10.1. The van der Waals surface area contributed by atoms with Gasteiger partial charge in [-0.2, -0.15) is 10.0 Å². The third-order valence-corrected chi connectivity index (χ3v) is 12.2. The molecule has 2 nitrogen and oxygen atoms in total. The maximum atomic E-state index is 6.89. The fourth-order valence-corrected chi connectivity index (χ4v) is 10.5. The summed E-state index contributed by atoms with van der Waals surface area (Å²) in [6.07, 6.45) is 4.09. The molecular weight excluding hydrogens is 381 g/mol. The number of hydrogen-bond donors (Lipinski definition) is 0. The van der Waals surface area contributed by atoms with Gasteiger partial charge in [-0.3, -0.25) is 4.67 Å². The molecule has 0 aromatic heterocycles. The lowest BCUT2D eigenvalue weighted by molar-refractivity contribution is 0.231. The zero-order chi connectivity index (χ0) is 19.9. The van der Waals surface area contributed by atoms with E-state index in [2.05, 4.69) is 99.3 Å². The van der Waals surface area contributed by atoms with Crippen LogP contribution in [-0.2, 0) is 4.52 Å². The highest BCUT2D eigenvalue weighted by molar-refractivity contribution is 8.33. The largest absolute Gasteiger partial charge is 0.337 e. The molecule has 2 heterocycles. The molecule has 0 N–H and O–H groups in total. The van der Waals surface area contributed by atoms with Gasteiger partial charge >= 0.3 is 0 Å². The molecule has 2 fully saturated rings. The topological polar surface area (TPSA) is 12.5 Å². The van der Waals surface area contributed by atoms with Crippen LogP contribution in [0.4, 0.5) is 0 Å². The van der Waals surface area contributed by atoms with Crippen molar-refractivity contribution in [2.24, 2.45) is 5.92 Å². The quantitative estimate of drug-likeness (QED) is 0.512. The normalized spacial score (nSPS) is 29.0. The van der Waals surface area contributed by atoms with Crippen molar-refractivity contribution in [2.75, 3.05) is 18.6 Å². The second-order valence-electron chi connectivity index (χ2n) is 9.50. The first-order valence-corrected chi connectivity index (χ1v) is 13.8. The van der Waals surface area contributed by atoms with Gasteiger partial charge in [-0.15, -0.1) is 0 Å². The van der Waals surface area contributed by atoms with Crippen LogP contribution in [0.15, 0.2) is 70.5 Å². The van der Waals surface area contributed by atoms with Crippen LogP contribution in [0.5, 0.6) is 0 Å². The van der Waals surface area contributed by atoms with Crippen LogP contribution < -0.4 is 0 Å². The molecule has 0 amide bonds. The summed E-state index contributed by atoms with van der Waals surface area (Å²) in [6, 6.07) is 22.8. The van der Waals surface area contributed by atoms with E-state index in [-0.39, 0.29) is 5.16 Å². The second-order valence-corrected chi connectivity index (χ2v) is 15.6. The fourth-order valence-electron chi connectivity index (χ4n) is 4.66. The van der Waals surface area contributed by atoms with Gasteiger partial charge in [0.05, 0.1) is 6.10 Å². The van der Waals surface area contributed by atoms with Gasteiger partial charge in [0.15, 0.2) is 0 Å². The molecule has 0 bridgehead atoms. The molecule has 2 aromatic carbocycles. The summed E-state index contributed by atoms with van der Waals surface area (Å²) in [5.41, 5.74) is 0. The predicted octanol–water partition coefficient (Wildman–Crippen LogP) is 6.76. The summed E-state index contributed by atoms with van der Waals surface area (Å²) >= 11 is 0.